The van der Waals surface area contributed by atoms with Crippen molar-refractivity contribution in [1.82, 2.24) is 4.90 Å². The number of imide groups is 1. The number of para-hydroxylation sites is 2. The summed E-state index contributed by atoms with van der Waals surface area (Å²) >= 11 is 2.45. The van der Waals surface area contributed by atoms with Crippen molar-refractivity contribution in [2.75, 3.05) is 25.2 Å². The van der Waals surface area contributed by atoms with Crippen molar-refractivity contribution in [3.63, 3.8) is 0 Å². The summed E-state index contributed by atoms with van der Waals surface area (Å²) in [5.74, 6) is -0.449. The van der Waals surface area contributed by atoms with Crippen LogP contribution in [0.4, 0.5) is 10.5 Å². The zero-order valence-electron chi connectivity index (χ0n) is 15.3. The van der Waals surface area contributed by atoms with E-state index in [1.807, 2.05) is 30.5 Å². The van der Waals surface area contributed by atoms with Crippen LogP contribution >= 0.6 is 23.5 Å². The van der Waals surface area contributed by atoms with Crippen LogP contribution in [-0.2, 0) is 9.59 Å². The van der Waals surface area contributed by atoms with Crippen LogP contribution in [0.3, 0.4) is 0 Å². The van der Waals surface area contributed by atoms with Crippen LogP contribution < -0.4 is 10.1 Å². The molecule has 0 unspecified atom stereocenters. The van der Waals surface area contributed by atoms with Gasteiger partial charge in [0, 0.05) is 4.90 Å². The smallest absolute Gasteiger partial charge is 0.294 e. The van der Waals surface area contributed by atoms with E-state index in [0.717, 1.165) is 27.1 Å². The normalized spacial score (nSPS) is 15.2. The molecule has 1 heterocycles. The number of methoxy groups -OCH3 is 1. The number of hydrogen-bond donors (Lipinski definition) is 1. The molecule has 3 rings (SSSR count). The molecule has 28 heavy (non-hydrogen) atoms. The van der Waals surface area contributed by atoms with Crippen molar-refractivity contribution in [2.24, 2.45) is 0 Å². The van der Waals surface area contributed by atoms with Gasteiger partial charge in [0.05, 0.1) is 17.7 Å². The van der Waals surface area contributed by atoms with Gasteiger partial charge < -0.3 is 10.1 Å². The molecular formula is C20H18N2O4S2. The van der Waals surface area contributed by atoms with E-state index in [1.165, 1.54) is 7.11 Å². The Hall–Kier alpha value is -2.71. The molecular weight excluding hydrogens is 396 g/mol. The zero-order chi connectivity index (χ0) is 20.1. The van der Waals surface area contributed by atoms with Gasteiger partial charge >= 0.3 is 0 Å². The van der Waals surface area contributed by atoms with Crippen molar-refractivity contribution < 1.29 is 19.1 Å². The second kappa shape index (κ2) is 8.99. The van der Waals surface area contributed by atoms with Gasteiger partial charge in [-0.2, -0.15) is 0 Å². The summed E-state index contributed by atoms with van der Waals surface area (Å²) in [5.41, 5.74) is 1.30. The van der Waals surface area contributed by atoms with Crippen molar-refractivity contribution >= 4 is 52.3 Å². The second-order valence-electron chi connectivity index (χ2n) is 5.79. The highest BCUT2D eigenvalue weighted by Crippen LogP contribution is 2.32. The highest BCUT2D eigenvalue weighted by Gasteiger charge is 2.36. The van der Waals surface area contributed by atoms with Gasteiger partial charge in [0.15, 0.2) is 0 Å². The van der Waals surface area contributed by atoms with Gasteiger partial charge in [-0.3, -0.25) is 19.3 Å². The lowest BCUT2D eigenvalue weighted by Gasteiger charge is -2.14. The standard InChI is InChI=1S/C20H18N2O4S2/c1-26-16-6-4-3-5-15(16)21-18(23)12-22-19(24)17(28-20(22)25)11-13-7-9-14(27-2)10-8-13/h3-11H,12H2,1-2H3,(H,21,23)/b17-11-. The highest BCUT2D eigenvalue weighted by molar-refractivity contribution is 8.18. The summed E-state index contributed by atoms with van der Waals surface area (Å²) in [7, 11) is 1.50. The van der Waals surface area contributed by atoms with Gasteiger partial charge in [0.1, 0.15) is 12.3 Å². The molecule has 8 heteroatoms. The zero-order valence-corrected chi connectivity index (χ0v) is 16.9. The molecule has 1 N–H and O–H groups in total. The molecule has 2 aromatic carbocycles. The summed E-state index contributed by atoms with van der Waals surface area (Å²) < 4.78 is 5.18. The monoisotopic (exact) mass is 414 g/mol. The minimum Gasteiger partial charge on any atom is -0.495 e. The Morgan fingerprint density at radius 2 is 1.89 bits per heavy atom. The fourth-order valence-corrected chi connectivity index (χ4v) is 3.82. The maximum absolute atomic E-state index is 12.6. The quantitative estimate of drug-likeness (QED) is 0.567. The highest BCUT2D eigenvalue weighted by atomic mass is 32.2. The molecule has 0 atom stereocenters. The first-order chi connectivity index (χ1) is 13.5. The van der Waals surface area contributed by atoms with Crippen molar-refractivity contribution in [3.8, 4) is 5.75 Å². The average Bonchev–Trinajstić information content (AvgIpc) is 2.96. The van der Waals surface area contributed by atoms with E-state index in [1.54, 1.807) is 42.1 Å². The van der Waals surface area contributed by atoms with E-state index in [4.69, 9.17) is 4.74 Å². The molecule has 0 saturated carbocycles. The molecule has 1 fully saturated rings. The lowest BCUT2D eigenvalue weighted by atomic mass is 10.2. The molecule has 0 bridgehead atoms. The van der Waals surface area contributed by atoms with E-state index in [-0.39, 0.29) is 6.54 Å². The number of ether oxygens (including phenoxy) is 1. The molecule has 1 aliphatic heterocycles. The number of carbonyl (C=O) groups excluding carboxylic acids is 3. The van der Waals surface area contributed by atoms with Crippen molar-refractivity contribution in [3.05, 3.63) is 59.0 Å². The number of amides is 3. The van der Waals surface area contributed by atoms with E-state index in [0.29, 0.717) is 16.3 Å². The maximum atomic E-state index is 12.6. The number of carbonyl (C=O) groups is 3. The lowest BCUT2D eigenvalue weighted by Crippen LogP contribution is -2.36. The third-order valence-corrected chi connectivity index (χ3v) is 5.62. The summed E-state index contributed by atoms with van der Waals surface area (Å²) in [4.78, 5) is 39.4. The number of hydrogen-bond acceptors (Lipinski definition) is 6. The summed E-state index contributed by atoms with van der Waals surface area (Å²) in [6.07, 6.45) is 3.64. The Labute approximate surface area is 171 Å². The summed E-state index contributed by atoms with van der Waals surface area (Å²) in [6, 6.07) is 14.6. The molecule has 1 saturated heterocycles. The van der Waals surface area contributed by atoms with Gasteiger partial charge in [-0.15, -0.1) is 11.8 Å². The molecule has 3 amide bonds. The maximum Gasteiger partial charge on any atom is 0.294 e. The van der Waals surface area contributed by atoms with Crippen LogP contribution in [0.5, 0.6) is 5.75 Å². The number of nitrogens with zero attached hydrogens (tertiary/aromatic N) is 1. The number of thioether (sulfide) groups is 2. The van der Waals surface area contributed by atoms with Gasteiger partial charge in [-0.1, -0.05) is 24.3 Å². The van der Waals surface area contributed by atoms with Crippen molar-refractivity contribution in [2.45, 2.75) is 4.90 Å². The SMILES string of the molecule is COc1ccccc1NC(=O)CN1C(=O)S/C(=C\c2ccc(SC)cc2)C1=O. The van der Waals surface area contributed by atoms with E-state index < -0.39 is 17.1 Å². The fraction of sp³-hybridized carbons (Fsp3) is 0.150. The van der Waals surface area contributed by atoms with E-state index in [2.05, 4.69) is 5.32 Å². The largest absolute Gasteiger partial charge is 0.495 e. The Morgan fingerprint density at radius 3 is 2.57 bits per heavy atom. The predicted octanol–water partition coefficient (Wildman–Crippen LogP) is 4.09. The molecule has 0 aliphatic carbocycles. The Morgan fingerprint density at radius 1 is 1.18 bits per heavy atom. The molecule has 0 aromatic heterocycles. The third-order valence-electron chi connectivity index (χ3n) is 3.97. The predicted molar refractivity (Wildman–Crippen MR) is 113 cm³/mol. The van der Waals surface area contributed by atoms with Crippen LogP contribution in [0.25, 0.3) is 6.08 Å². The van der Waals surface area contributed by atoms with Gasteiger partial charge in [-0.05, 0) is 53.9 Å². The molecule has 0 radical (unpaired) electrons. The Bertz CT molecular complexity index is 941. The first-order valence-electron chi connectivity index (χ1n) is 8.34. The molecule has 0 spiro atoms. The van der Waals surface area contributed by atoms with Gasteiger partial charge in [0.25, 0.3) is 11.1 Å². The lowest BCUT2D eigenvalue weighted by molar-refractivity contribution is -0.127. The minimum atomic E-state index is -0.475. The summed E-state index contributed by atoms with van der Waals surface area (Å²) in [5, 5.41) is 2.20. The fourth-order valence-electron chi connectivity index (χ4n) is 2.57. The average molecular weight is 415 g/mol. The molecule has 6 nitrogen and oxygen atoms in total. The van der Waals surface area contributed by atoms with E-state index >= 15 is 0 Å². The number of nitrogens with one attached hydrogen (secondary N) is 1. The Balaban J connectivity index is 1.69. The van der Waals surface area contributed by atoms with Gasteiger partial charge in [-0.25, -0.2) is 0 Å². The van der Waals surface area contributed by atoms with Crippen LogP contribution in [0.15, 0.2) is 58.3 Å². The topological polar surface area (TPSA) is 75.7 Å². The number of anilines is 1. The first kappa shape index (κ1) is 20.0. The van der Waals surface area contributed by atoms with Crippen LogP contribution in [-0.4, -0.2) is 41.9 Å². The third kappa shape index (κ3) is 4.58. The second-order valence-corrected chi connectivity index (χ2v) is 7.66. The number of rotatable bonds is 6. The van der Waals surface area contributed by atoms with Crippen molar-refractivity contribution in [1.29, 1.82) is 0 Å². The minimum absolute atomic E-state index is 0.298. The van der Waals surface area contributed by atoms with Crippen LogP contribution in [0.2, 0.25) is 0 Å². The van der Waals surface area contributed by atoms with Crippen LogP contribution in [0.1, 0.15) is 5.56 Å². The Kier molecular flexibility index (Phi) is 6.43. The van der Waals surface area contributed by atoms with Gasteiger partial charge in [0.2, 0.25) is 5.91 Å². The van der Waals surface area contributed by atoms with Crippen LogP contribution in [0, 0.1) is 0 Å². The molecule has 1 aliphatic rings. The summed E-state index contributed by atoms with van der Waals surface area (Å²) in [6.45, 7) is -0.356. The number of benzene rings is 2. The first-order valence-corrected chi connectivity index (χ1v) is 10.4. The molecule has 2 aromatic rings. The van der Waals surface area contributed by atoms with E-state index in [9.17, 15) is 14.4 Å². The molecule has 144 valence electrons.